The minimum absolute atomic E-state index is 0.0120. The van der Waals surface area contributed by atoms with Gasteiger partial charge in [-0.15, -0.1) is 0 Å². The normalized spacial score (nSPS) is 14.7. The third kappa shape index (κ3) is 7.57. The van der Waals surface area contributed by atoms with Crippen molar-refractivity contribution in [3.8, 4) is 5.88 Å². The molecule has 1 atom stereocenters. The Morgan fingerprint density at radius 3 is 2.44 bits per heavy atom. The average Bonchev–Trinajstić information content (AvgIpc) is 3.44. The molecule has 0 bridgehead atoms. The van der Waals surface area contributed by atoms with Gasteiger partial charge in [0, 0.05) is 17.0 Å². The Morgan fingerprint density at radius 1 is 1.12 bits per heavy atom. The van der Waals surface area contributed by atoms with Gasteiger partial charge < -0.3 is 15.2 Å². The lowest BCUT2D eigenvalue weighted by atomic mass is 9.96. The van der Waals surface area contributed by atoms with Gasteiger partial charge in [-0.2, -0.15) is 36.5 Å². The van der Waals surface area contributed by atoms with Gasteiger partial charge in [0.15, 0.2) is 0 Å². The Labute approximate surface area is 248 Å². The second kappa shape index (κ2) is 11.7. The topological polar surface area (TPSA) is 105 Å². The quantitative estimate of drug-likeness (QED) is 0.361. The number of amides is 1. The fourth-order valence-corrected chi connectivity index (χ4v) is 5.31. The number of hydrogen-bond acceptors (Lipinski definition) is 7. The number of fused-ring (bicyclic) bond motifs is 1. The molecule has 1 amide bonds. The summed E-state index contributed by atoms with van der Waals surface area (Å²) < 4.78 is 88.7. The van der Waals surface area contributed by atoms with Crippen molar-refractivity contribution in [1.29, 1.82) is 0 Å². The van der Waals surface area contributed by atoms with E-state index in [2.05, 4.69) is 10.2 Å². The van der Waals surface area contributed by atoms with Crippen LogP contribution in [0.2, 0.25) is 5.02 Å². The molecule has 0 aliphatic carbocycles. The SMILES string of the molecule is CC(C)(C)OC(=O)NC(Cn1c(O)c(C(Cc2ccc(Cl)cc2C(F)(F)F)=c2ccc3c(c2)C=NN=3)sc1=O)C(F)(F)F. The van der Waals surface area contributed by atoms with Crippen LogP contribution in [0.3, 0.4) is 0 Å². The predicted molar refractivity (Wildman–Crippen MR) is 147 cm³/mol. The van der Waals surface area contributed by atoms with Crippen LogP contribution < -0.4 is 20.8 Å². The maximum atomic E-state index is 13.9. The fraction of sp³-hybridized carbons (Fsp3) is 0.333. The maximum absolute atomic E-state index is 13.9. The van der Waals surface area contributed by atoms with Gasteiger partial charge in [-0.05, 0) is 61.4 Å². The summed E-state index contributed by atoms with van der Waals surface area (Å²) in [6.07, 6.45) is -10.4. The summed E-state index contributed by atoms with van der Waals surface area (Å²) in [6, 6.07) is 4.97. The highest BCUT2D eigenvalue weighted by molar-refractivity contribution is 7.10. The van der Waals surface area contributed by atoms with Gasteiger partial charge in [-0.3, -0.25) is 9.36 Å². The van der Waals surface area contributed by atoms with Crippen LogP contribution in [0, 0.1) is 0 Å². The summed E-state index contributed by atoms with van der Waals surface area (Å²) in [5.74, 6) is -0.924. The molecule has 4 rings (SSSR count). The fourth-order valence-electron chi connectivity index (χ4n) is 4.18. The molecule has 0 spiro atoms. The molecule has 0 saturated heterocycles. The molecule has 0 fully saturated rings. The number of aromatic nitrogens is 1. The Balaban J connectivity index is 1.85. The highest BCUT2D eigenvalue weighted by Crippen LogP contribution is 2.37. The smallest absolute Gasteiger partial charge is 0.416 e. The first-order valence-electron chi connectivity index (χ1n) is 12.4. The molecule has 0 radical (unpaired) electrons. The molecule has 43 heavy (non-hydrogen) atoms. The zero-order chi connectivity index (χ0) is 31.9. The number of halogens is 7. The molecule has 16 heteroatoms. The summed E-state index contributed by atoms with van der Waals surface area (Å²) in [6.45, 7) is 3.09. The van der Waals surface area contributed by atoms with Crippen molar-refractivity contribution in [1.82, 2.24) is 9.88 Å². The van der Waals surface area contributed by atoms with Gasteiger partial charge >= 0.3 is 23.3 Å². The van der Waals surface area contributed by atoms with Crippen LogP contribution in [-0.4, -0.2) is 39.8 Å². The van der Waals surface area contributed by atoms with E-state index in [0.717, 1.165) is 12.1 Å². The van der Waals surface area contributed by atoms with Crippen LogP contribution in [0.25, 0.3) is 5.57 Å². The second-order valence-corrected chi connectivity index (χ2v) is 11.8. The highest BCUT2D eigenvalue weighted by atomic mass is 35.5. The van der Waals surface area contributed by atoms with E-state index >= 15 is 0 Å². The summed E-state index contributed by atoms with van der Waals surface area (Å²) in [4.78, 5) is 23.7. The van der Waals surface area contributed by atoms with Gasteiger partial charge in [0.05, 0.1) is 28.6 Å². The van der Waals surface area contributed by atoms with Crippen LogP contribution >= 0.6 is 22.9 Å². The third-order valence-electron chi connectivity index (χ3n) is 6.08. The van der Waals surface area contributed by atoms with Crippen molar-refractivity contribution < 1.29 is 41.0 Å². The Bertz CT molecular complexity index is 1770. The average molecular weight is 649 g/mol. The molecular weight excluding hydrogens is 626 g/mol. The Kier molecular flexibility index (Phi) is 8.71. The number of alkyl halides is 6. The summed E-state index contributed by atoms with van der Waals surface area (Å²) >= 11 is 6.16. The molecule has 0 saturated carbocycles. The number of aromatic hydroxyl groups is 1. The molecule has 2 N–H and O–H groups in total. The third-order valence-corrected chi connectivity index (χ3v) is 7.34. The van der Waals surface area contributed by atoms with E-state index in [1.54, 1.807) is 5.32 Å². The van der Waals surface area contributed by atoms with Gasteiger partial charge in [-0.1, -0.05) is 35.1 Å². The first-order chi connectivity index (χ1) is 19.8. The molecule has 2 heterocycles. The van der Waals surface area contributed by atoms with E-state index in [4.69, 9.17) is 16.3 Å². The molecular formula is C27H23ClF6N4O4S. The molecule has 3 aromatic rings. The van der Waals surface area contributed by atoms with E-state index in [1.807, 2.05) is 0 Å². The van der Waals surface area contributed by atoms with Gasteiger partial charge in [0.2, 0.25) is 5.88 Å². The van der Waals surface area contributed by atoms with E-state index in [0.29, 0.717) is 26.8 Å². The van der Waals surface area contributed by atoms with Crippen LogP contribution in [0.5, 0.6) is 5.88 Å². The summed E-state index contributed by atoms with van der Waals surface area (Å²) in [7, 11) is 0. The van der Waals surface area contributed by atoms with Crippen molar-refractivity contribution in [2.75, 3.05) is 0 Å². The van der Waals surface area contributed by atoms with Gasteiger partial charge in [0.25, 0.3) is 0 Å². The zero-order valence-corrected chi connectivity index (χ0v) is 24.2. The maximum Gasteiger partial charge on any atom is 0.416 e. The van der Waals surface area contributed by atoms with Crippen molar-refractivity contribution >= 4 is 40.8 Å². The molecule has 2 aromatic carbocycles. The Hall–Kier alpha value is -3.85. The molecule has 230 valence electrons. The van der Waals surface area contributed by atoms with Crippen LogP contribution in [-0.2, 0) is 23.9 Å². The number of alkyl carbamates (subject to hydrolysis) is 1. The molecule has 1 unspecified atom stereocenters. The number of hydrogen-bond donors (Lipinski definition) is 2. The van der Waals surface area contributed by atoms with E-state index < -0.39 is 59.4 Å². The number of benzene rings is 2. The van der Waals surface area contributed by atoms with Crippen LogP contribution in [0.4, 0.5) is 31.1 Å². The predicted octanol–water partition coefficient (Wildman–Crippen LogP) is 5.15. The minimum Gasteiger partial charge on any atom is -0.493 e. The van der Waals surface area contributed by atoms with E-state index in [1.165, 1.54) is 51.3 Å². The van der Waals surface area contributed by atoms with Crippen LogP contribution in [0.1, 0.15) is 42.3 Å². The zero-order valence-electron chi connectivity index (χ0n) is 22.6. The Morgan fingerprint density at radius 2 is 1.81 bits per heavy atom. The molecule has 1 aromatic heterocycles. The largest absolute Gasteiger partial charge is 0.493 e. The van der Waals surface area contributed by atoms with Gasteiger partial charge in [-0.25, -0.2) is 4.79 Å². The van der Waals surface area contributed by atoms with Crippen molar-refractivity contribution in [3.05, 3.63) is 83.2 Å². The summed E-state index contributed by atoms with van der Waals surface area (Å²) in [5, 5.41) is 20.9. The van der Waals surface area contributed by atoms with Crippen molar-refractivity contribution in [3.63, 3.8) is 0 Å². The number of rotatable bonds is 6. The van der Waals surface area contributed by atoms with Crippen LogP contribution in [0.15, 0.2) is 51.4 Å². The van der Waals surface area contributed by atoms with E-state index in [-0.39, 0.29) is 26.3 Å². The highest BCUT2D eigenvalue weighted by Gasteiger charge is 2.43. The number of nitrogens with zero attached hydrogens (tertiary/aromatic N) is 3. The number of thiazole rings is 1. The lowest BCUT2D eigenvalue weighted by Crippen LogP contribution is -2.50. The molecule has 1 aliphatic rings. The first kappa shape index (κ1) is 32.1. The number of ether oxygens (including phenoxy) is 1. The first-order valence-corrected chi connectivity index (χ1v) is 13.6. The second-order valence-electron chi connectivity index (χ2n) is 10.4. The number of carbonyl (C=O) groups excluding carboxylic acids is 1. The number of carbonyl (C=O) groups is 1. The van der Waals surface area contributed by atoms with Crippen molar-refractivity contribution in [2.24, 2.45) is 10.2 Å². The van der Waals surface area contributed by atoms with E-state index in [9.17, 15) is 41.0 Å². The van der Waals surface area contributed by atoms with Crippen molar-refractivity contribution in [2.45, 2.75) is 57.7 Å². The summed E-state index contributed by atoms with van der Waals surface area (Å²) in [5.41, 5.74) is -1.95. The lowest BCUT2D eigenvalue weighted by Gasteiger charge is -2.25. The minimum atomic E-state index is -5.06. The molecule has 8 nitrogen and oxygen atoms in total. The lowest BCUT2D eigenvalue weighted by molar-refractivity contribution is -0.158. The molecule has 1 aliphatic heterocycles. The van der Waals surface area contributed by atoms with Gasteiger partial charge in [0.1, 0.15) is 11.6 Å². The monoisotopic (exact) mass is 648 g/mol. The number of nitrogens with one attached hydrogen (secondary N) is 1. The standard InChI is InChI=1S/C27H23ClF6N4O4S/c1-25(2,3)42-23(40)36-20(27(32,33)34)12-38-22(39)21(43-24(38)41)17(13-5-7-19-15(8-13)11-35-37-19)9-14-4-6-16(28)10-18(14)26(29,30)31/h4-8,10-11,20,39H,9,12H2,1-3H3,(H,36,40).